The Kier molecular flexibility index (Phi) is 8.07. The summed E-state index contributed by atoms with van der Waals surface area (Å²) in [7, 11) is 0. The lowest BCUT2D eigenvalue weighted by atomic mass is 10.1. The highest BCUT2D eigenvalue weighted by molar-refractivity contribution is 6.32. The smallest absolute Gasteiger partial charge is 0.434 e. The minimum absolute atomic E-state index is 0.331. The van der Waals surface area contributed by atoms with Crippen molar-refractivity contribution in [3.63, 3.8) is 0 Å². The molecule has 4 heteroatoms. The molecule has 0 bridgehead atoms. The molecule has 0 saturated carbocycles. The Labute approximate surface area is 119 Å². The van der Waals surface area contributed by atoms with Crippen molar-refractivity contribution in [3.05, 3.63) is 29.3 Å². The zero-order chi connectivity index (χ0) is 13.9. The van der Waals surface area contributed by atoms with Gasteiger partial charge in [-0.25, -0.2) is 4.79 Å². The van der Waals surface area contributed by atoms with Crippen LogP contribution in [0.1, 0.15) is 45.4 Å². The quantitative estimate of drug-likeness (QED) is 0.373. The number of para-hydroxylation sites is 1. The van der Waals surface area contributed by atoms with Gasteiger partial charge in [0.05, 0.1) is 11.6 Å². The van der Waals surface area contributed by atoms with Gasteiger partial charge in [0.15, 0.2) is 5.75 Å². The molecule has 106 valence electrons. The fraction of sp³-hybridized carbons (Fsp3) is 0.533. The highest BCUT2D eigenvalue weighted by atomic mass is 35.5. The van der Waals surface area contributed by atoms with Gasteiger partial charge in [-0.1, -0.05) is 62.8 Å². The topological polar surface area (TPSA) is 35.5 Å². The van der Waals surface area contributed by atoms with Crippen LogP contribution in [0.4, 0.5) is 4.79 Å². The lowest BCUT2D eigenvalue weighted by Gasteiger charge is -2.06. The molecular formula is C15H21ClO3. The first kappa shape index (κ1) is 15.8. The standard InChI is InChI=1S/C15H21ClO3/c1-2-3-4-5-6-9-12-18-15(17)19-14-11-8-7-10-13(14)16/h7-8,10-11H,2-6,9,12H2,1H3. The third kappa shape index (κ3) is 7.06. The van der Waals surface area contributed by atoms with Gasteiger partial charge in [0.1, 0.15) is 0 Å². The monoisotopic (exact) mass is 284 g/mol. The second-order valence-corrected chi connectivity index (χ2v) is 4.81. The Bertz CT molecular complexity index is 379. The second-order valence-electron chi connectivity index (χ2n) is 4.40. The molecule has 0 aliphatic rings. The molecule has 0 heterocycles. The molecule has 0 fully saturated rings. The molecule has 1 aromatic rings. The van der Waals surface area contributed by atoms with Crippen LogP contribution in [0.2, 0.25) is 5.02 Å². The van der Waals surface area contributed by atoms with Gasteiger partial charge in [-0.2, -0.15) is 0 Å². The molecule has 19 heavy (non-hydrogen) atoms. The van der Waals surface area contributed by atoms with E-state index in [2.05, 4.69) is 6.92 Å². The predicted molar refractivity (Wildman–Crippen MR) is 76.8 cm³/mol. The maximum Gasteiger partial charge on any atom is 0.513 e. The summed E-state index contributed by atoms with van der Waals surface area (Å²) < 4.78 is 9.98. The summed E-state index contributed by atoms with van der Waals surface area (Å²) in [5.41, 5.74) is 0. The molecule has 1 rings (SSSR count). The minimum atomic E-state index is -0.693. The van der Waals surface area contributed by atoms with Crippen LogP contribution in [-0.2, 0) is 4.74 Å². The fourth-order valence-electron chi connectivity index (χ4n) is 1.68. The Balaban J connectivity index is 2.10. The van der Waals surface area contributed by atoms with Crippen molar-refractivity contribution in [1.29, 1.82) is 0 Å². The molecule has 0 spiro atoms. The molecule has 0 atom stereocenters. The zero-order valence-electron chi connectivity index (χ0n) is 11.4. The number of benzene rings is 1. The van der Waals surface area contributed by atoms with E-state index in [0.29, 0.717) is 17.4 Å². The summed E-state index contributed by atoms with van der Waals surface area (Å²) in [6.07, 6.45) is 6.22. The van der Waals surface area contributed by atoms with E-state index in [4.69, 9.17) is 21.1 Å². The number of carbonyl (C=O) groups excluding carboxylic acids is 1. The van der Waals surface area contributed by atoms with Crippen molar-refractivity contribution in [2.75, 3.05) is 6.61 Å². The number of carbonyl (C=O) groups is 1. The maximum atomic E-state index is 11.4. The van der Waals surface area contributed by atoms with Crippen LogP contribution in [0.25, 0.3) is 0 Å². The average Bonchev–Trinajstić information content (AvgIpc) is 2.40. The third-order valence-corrected chi connectivity index (χ3v) is 3.06. The predicted octanol–water partition coefficient (Wildman–Crippen LogP) is 5.22. The van der Waals surface area contributed by atoms with Crippen LogP contribution < -0.4 is 4.74 Å². The molecular weight excluding hydrogens is 264 g/mol. The number of unbranched alkanes of at least 4 members (excludes halogenated alkanes) is 5. The number of halogens is 1. The SMILES string of the molecule is CCCCCCCCOC(=O)Oc1ccccc1Cl. The van der Waals surface area contributed by atoms with Gasteiger partial charge >= 0.3 is 6.16 Å². The van der Waals surface area contributed by atoms with Crippen LogP contribution in [-0.4, -0.2) is 12.8 Å². The summed E-state index contributed by atoms with van der Waals surface area (Å²) in [6, 6.07) is 6.82. The minimum Gasteiger partial charge on any atom is -0.434 e. The third-order valence-electron chi connectivity index (χ3n) is 2.75. The first-order chi connectivity index (χ1) is 9.24. The number of rotatable bonds is 8. The maximum absolute atomic E-state index is 11.4. The van der Waals surface area contributed by atoms with Gasteiger partial charge in [-0.15, -0.1) is 0 Å². The van der Waals surface area contributed by atoms with Crippen molar-refractivity contribution in [1.82, 2.24) is 0 Å². The van der Waals surface area contributed by atoms with Gasteiger partial charge in [0, 0.05) is 0 Å². The first-order valence-electron chi connectivity index (χ1n) is 6.83. The lowest BCUT2D eigenvalue weighted by molar-refractivity contribution is 0.0973. The summed E-state index contributed by atoms with van der Waals surface area (Å²) >= 11 is 5.87. The molecule has 0 unspecified atom stereocenters. The highest BCUT2D eigenvalue weighted by Crippen LogP contribution is 2.23. The second kappa shape index (κ2) is 9.68. The van der Waals surface area contributed by atoms with Gasteiger partial charge in [-0.3, -0.25) is 0 Å². The van der Waals surface area contributed by atoms with Crippen molar-refractivity contribution in [2.24, 2.45) is 0 Å². The fourth-order valence-corrected chi connectivity index (χ4v) is 1.86. The van der Waals surface area contributed by atoms with E-state index in [1.54, 1.807) is 24.3 Å². The average molecular weight is 285 g/mol. The van der Waals surface area contributed by atoms with Gasteiger partial charge in [0.2, 0.25) is 0 Å². The van der Waals surface area contributed by atoms with Gasteiger partial charge in [0.25, 0.3) is 0 Å². The molecule has 0 aliphatic heterocycles. The summed E-state index contributed by atoms with van der Waals surface area (Å²) in [4.78, 5) is 11.4. The molecule has 0 N–H and O–H groups in total. The van der Waals surface area contributed by atoms with Crippen molar-refractivity contribution in [3.8, 4) is 5.75 Å². The highest BCUT2D eigenvalue weighted by Gasteiger charge is 2.08. The molecule has 0 aromatic heterocycles. The molecule has 0 saturated heterocycles. The number of ether oxygens (including phenoxy) is 2. The molecule has 0 amide bonds. The van der Waals surface area contributed by atoms with E-state index in [-0.39, 0.29) is 0 Å². The van der Waals surface area contributed by atoms with Crippen LogP contribution >= 0.6 is 11.6 Å². The normalized spacial score (nSPS) is 10.2. The van der Waals surface area contributed by atoms with E-state index in [1.165, 1.54) is 25.7 Å². The van der Waals surface area contributed by atoms with E-state index >= 15 is 0 Å². The summed E-state index contributed by atoms with van der Waals surface area (Å²) in [5, 5.41) is 0.402. The van der Waals surface area contributed by atoms with Crippen LogP contribution in [0.5, 0.6) is 5.75 Å². The zero-order valence-corrected chi connectivity index (χ0v) is 12.1. The van der Waals surface area contributed by atoms with Crippen molar-refractivity contribution in [2.45, 2.75) is 45.4 Å². The van der Waals surface area contributed by atoms with E-state index < -0.39 is 6.16 Å². The summed E-state index contributed by atoms with van der Waals surface area (Å²) in [6.45, 7) is 2.59. The molecule has 3 nitrogen and oxygen atoms in total. The Morgan fingerprint density at radius 2 is 1.79 bits per heavy atom. The van der Waals surface area contributed by atoms with Crippen LogP contribution in [0, 0.1) is 0 Å². The number of hydrogen-bond donors (Lipinski definition) is 0. The van der Waals surface area contributed by atoms with Gasteiger partial charge < -0.3 is 9.47 Å². The lowest BCUT2D eigenvalue weighted by Crippen LogP contribution is -2.11. The molecule has 0 aliphatic carbocycles. The van der Waals surface area contributed by atoms with Crippen LogP contribution in [0.3, 0.4) is 0 Å². The Hall–Kier alpha value is -1.22. The molecule has 1 aromatic carbocycles. The Morgan fingerprint density at radius 1 is 1.11 bits per heavy atom. The van der Waals surface area contributed by atoms with E-state index in [1.807, 2.05) is 0 Å². The van der Waals surface area contributed by atoms with Gasteiger partial charge in [-0.05, 0) is 18.6 Å². The Morgan fingerprint density at radius 3 is 2.53 bits per heavy atom. The first-order valence-corrected chi connectivity index (χ1v) is 7.21. The van der Waals surface area contributed by atoms with Crippen LogP contribution in [0.15, 0.2) is 24.3 Å². The largest absolute Gasteiger partial charge is 0.513 e. The number of hydrogen-bond acceptors (Lipinski definition) is 3. The summed E-state index contributed by atoms with van der Waals surface area (Å²) in [5.74, 6) is 0.331. The molecule has 0 radical (unpaired) electrons. The van der Waals surface area contributed by atoms with E-state index in [0.717, 1.165) is 12.8 Å². The van der Waals surface area contributed by atoms with Crippen molar-refractivity contribution >= 4 is 17.8 Å². The van der Waals surface area contributed by atoms with E-state index in [9.17, 15) is 4.79 Å². The van der Waals surface area contributed by atoms with Crippen molar-refractivity contribution < 1.29 is 14.3 Å².